The fourth-order valence-electron chi connectivity index (χ4n) is 4.69. The van der Waals surface area contributed by atoms with Crippen molar-refractivity contribution in [2.24, 2.45) is 0 Å². The van der Waals surface area contributed by atoms with E-state index in [1.165, 1.54) is 22.5 Å². The molecule has 0 radical (unpaired) electrons. The molecule has 0 aliphatic rings. The summed E-state index contributed by atoms with van der Waals surface area (Å²) in [6.07, 6.45) is 0. The zero-order valence-electron chi connectivity index (χ0n) is 17.8. The van der Waals surface area contributed by atoms with Crippen LogP contribution in [-0.4, -0.2) is 0 Å². The van der Waals surface area contributed by atoms with Gasteiger partial charge >= 0.3 is 0 Å². The number of quaternary nitrogens is 1. The summed E-state index contributed by atoms with van der Waals surface area (Å²) in [6, 6.07) is 39.7. The molecule has 0 aliphatic heterocycles. The minimum absolute atomic E-state index is 0.193. The molecule has 0 fully saturated rings. The molecular formula is C28H26Br2N+. The van der Waals surface area contributed by atoms with E-state index in [0.717, 1.165) is 8.95 Å². The molecule has 4 aromatic carbocycles. The Labute approximate surface area is 202 Å². The van der Waals surface area contributed by atoms with Crippen LogP contribution in [0.1, 0.15) is 37.1 Å². The first-order chi connectivity index (χ1) is 15.0. The van der Waals surface area contributed by atoms with Crippen LogP contribution in [0.15, 0.2) is 118 Å². The van der Waals surface area contributed by atoms with E-state index in [0.29, 0.717) is 4.48 Å². The van der Waals surface area contributed by atoms with Crippen LogP contribution in [-0.2, 0) is 0 Å². The second-order valence-corrected chi connectivity index (χ2v) is 9.73. The molecule has 4 aromatic rings. The number of hydrogen-bond donors (Lipinski definition) is 0. The molecule has 0 bridgehead atoms. The average molecular weight is 536 g/mol. The largest absolute Gasteiger partial charge is 0.247 e. The molecule has 2 atom stereocenters. The Hall–Kier alpha value is -2.20. The number of hydrogen-bond acceptors (Lipinski definition) is 0. The summed E-state index contributed by atoms with van der Waals surface area (Å²) in [5.41, 5.74) is 5.16. The van der Waals surface area contributed by atoms with E-state index >= 15 is 0 Å². The molecule has 1 nitrogen and oxygen atoms in total. The minimum atomic E-state index is 0.193. The first kappa shape index (κ1) is 22.0. The first-order valence-electron chi connectivity index (χ1n) is 10.5. The second-order valence-electron chi connectivity index (χ2n) is 7.90. The Morgan fingerprint density at radius 2 is 0.806 bits per heavy atom. The highest BCUT2D eigenvalue weighted by molar-refractivity contribution is 9.10. The number of halogens is 2. The fourth-order valence-corrected chi connectivity index (χ4v) is 5.22. The van der Waals surface area contributed by atoms with Gasteiger partial charge in [-0.15, -0.1) is 0 Å². The fraction of sp³-hybridized carbons (Fsp3) is 0.143. The molecule has 31 heavy (non-hydrogen) atoms. The molecule has 0 amide bonds. The minimum Gasteiger partial charge on any atom is -0.247 e. The van der Waals surface area contributed by atoms with Gasteiger partial charge in [-0.3, -0.25) is 0 Å². The predicted molar refractivity (Wildman–Crippen MR) is 139 cm³/mol. The van der Waals surface area contributed by atoms with Gasteiger partial charge < -0.3 is 0 Å². The van der Waals surface area contributed by atoms with E-state index in [4.69, 9.17) is 0 Å². The van der Waals surface area contributed by atoms with Gasteiger partial charge in [0.05, 0.1) is 0 Å². The quantitative estimate of drug-likeness (QED) is 0.216. The van der Waals surface area contributed by atoms with Gasteiger partial charge in [0.2, 0.25) is 0 Å². The van der Waals surface area contributed by atoms with Crippen LogP contribution in [0.5, 0.6) is 0 Å². The summed E-state index contributed by atoms with van der Waals surface area (Å²) in [4.78, 5) is 0. The van der Waals surface area contributed by atoms with Crippen molar-refractivity contribution in [3.8, 4) is 0 Å². The Morgan fingerprint density at radius 3 is 1.13 bits per heavy atom. The number of benzene rings is 4. The van der Waals surface area contributed by atoms with Crippen molar-refractivity contribution >= 4 is 43.2 Å². The van der Waals surface area contributed by atoms with Crippen LogP contribution in [0.25, 0.3) is 0 Å². The summed E-state index contributed by atoms with van der Waals surface area (Å²) in [7, 11) is 0. The summed E-state index contributed by atoms with van der Waals surface area (Å²) in [6.45, 7) is 4.69. The maximum Gasteiger partial charge on any atom is 0.138 e. The predicted octanol–water partition coefficient (Wildman–Crippen LogP) is 9.37. The van der Waals surface area contributed by atoms with E-state index in [9.17, 15) is 0 Å². The topological polar surface area (TPSA) is 0 Å². The van der Waals surface area contributed by atoms with Crippen LogP contribution in [0.3, 0.4) is 0 Å². The summed E-state index contributed by atoms with van der Waals surface area (Å²) in [5.74, 6) is 0. The van der Waals surface area contributed by atoms with Crippen LogP contribution < -0.4 is 4.48 Å². The Balaban J connectivity index is 2.04. The molecule has 0 saturated carbocycles. The van der Waals surface area contributed by atoms with Crippen LogP contribution in [0.2, 0.25) is 0 Å². The molecule has 0 spiro atoms. The molecule has 2 unspecified atom stereocenters. The molecule has 156 valence electrons. The SMILES string of the molecule is CC(c1ccccc1)[N+](c1ccc(Br)cc1)(c1ccc(Br)cc1)C(C)c1ccccc1. The Kier molecular flexibility index (Phi) is 6.76. The zero-order valence-corrected chi connectivity index (χ0v) is 20.9. The van der Waals surface area contributed by atoms with Gasteiger partial charge in [-0.1, -0.05) is 92.5 Å². The van der Waals surface area contributed by atoms with E-state index < -0.39 is 0 Å². The van der Waals surface area contributed by atoms with Crippen LogP contribution >= 0.6 is 31.9 Å². The van der Waals surface area contributed by atoms with Gasteiger partial charge in [0.15, 0.2) is 0 Å². The van der Waals surface area contributed by atoms with E-state index in [2.05, 4.69) is 155 Å². The monoisotopic (exact) mass is 534 g/mol. The molecule has 0 aromatic heterocycles. The van der Waals surface area contributed by atoms with Gasteiger partial charge in [0.1, 0.15) is 23.5 Å². The van der Waals surface area contributed by atoms with Crippen molar-refractivity contribution in [2.45, 2.75) is 25.9 Å². The summed E-state index contributed by atoms with van der Waals surface area (Å²) < 4.78 is 2.86. The molecule has 0 aliphatic carbocycles. The summed E-state index contributed by atoms with van der Waals surface area (Å²) >= 11 is 7.26. The number of rotatable bonds is 6. The highest BCUT2D eigenvalue weighted by Gasteiger charge is 2.45. The van der Waals surface area contributed by atoms with Crippen LogP contribution in [0.4, 0.5) is 11.4 Å². The third kappa shape index (κ3) is 4.27. The highest BCUT2D eigenvalue weighted by atomic mass is 79.9. The highest BCUT2D eigenvalue weighted by Crippen LogP contribution is 2.51. The second kappa shape index (κ2) is 9.52. The van der Waals surface area contributed by atoms with Crippen molar-refractivity contribution in [3.05, 3.63) is 129 Å². The van der Waals surface area contributed by atoms with Gasteiger partial charge in [-0.2, -0.15) is 0 Å². The number of nitrogens with zero attached hydrogens (tertiary/aromatic N) is 1. The van der Waals surface area contributed by atoms with E-state index in [-0.39, 0.29) is 12.1 Å². The van der Waals surface area contributed by atoms with Crippen molar-refractivity contribution in [1.29, 1.82) is 0 Å². The summed E-state index contributed by atoms with van der Waals surface area (Å²) in [5, 5.41) is 0. The van der Waals surface area contributed by atoms with Gasteiger partial charge in [-0.05, 0) is 38.1 Å². The van der Waals surface area contributed by atoms with Crippen molar-refractivity contribution in [2.75, 3.05) is 0 Å². The van der Waals surface area contributed by atoms with Crippen molar-refractivity contribution in [3.63, 3.8) is 0 Å². The third-order valence-corrected chi connectivity index (χ3v) is 7.35. The van der Waals surface area contributed by atoms with E-state index in [1.807, 2.05) is 0 Å². The first-order valence-corrected chi connectivity index (χ1v) is 12.1. The van der Waals surface area contributed by atoms with E-state index in [1.54, 1.807) is 0 Å². The van der Waals surface area contributed by atoms with Gasteiger partial charge in [0.25, 0.3) is 0 Å². The molecule has 3 heteroatoms. The Morgan fingerprint density at radius 1 is 0.484 bits per heavy atom. The lowest BCUT2D eigenvalue weighted by molar-refractivity contribution is 0.243. The smallest absolute Gasteiger partial charge is 0.138 e. The maximum atomic E-state index is 3.63. The van der Waals surface area contributed by atoms with Gasteiger partial charge in [0, 0.05) is 44.3 Å². The third-order valence-electron chi connectivity index (χ3n) is 6.29. The van der Waals surface area contributed by atoms with Crippen molar-refractivity contribution < 1.29 is 0 Å². The Bertz CT molecular complexity index is 1010. The zero-order chi connectivity index (χ0) is 21.8. The van der Waals surface area contributed by atoms with Crippen molar-refractivity contribution in [1.82, 2.24) is 4.48 Å². The molecule has 0 N–H and O–H groups in total. The lowest BCUT2D eigenvalue weighted by atomic mass is 9.93. The molecule has 0 saturated heterocycles. The molecule has 0 heterocycles. The standard InChI is InChI=1S/C28H26Br2N/c1-21(23-9-5-3-6-10-23)31(27-17-13-25(29)14-18-27,28-19-15-26(30)16-20-28)22(2)24-11-7-4-8-12-24/h3-22H,1-2H3/q+1. The lowest BCUT2D eigenvalue weighted by Crippen LogP contribution is -2.48. The van der Waals surface area contributed by atoms with Gasteiger partial charge in [-0.25, -0.2) is 4.48 Å². The average Bonchev–Trinajstić information content (AvgIpc) is 2.82. The maximum absolute atomic E-state index is 3.63. The molecule has 4 rings (SSSR count). The molecular weight excluding hydrogens is 510 g/mol. The lowest BCUT2D eigenvalue weighted by Gasteiger charge is -2.47. The van der Waals surface area contributed by atoms with Crippen LogP contribution in [0, 0.1) is 0 Å². The normalized spacial score (nSPS) is 13.5.